The van der Waals surface area contributed by atoms with Gasteiger partial charge in [-0.05, 0) is 128 Å². The number of unbranched alkanes of at least 4 members (excludes halogenated alkanes) is 22. The zero-order chi connectivity index (χ0) is 55.0. The molecular formula is C70H114O6. The Morgan fingerprint density at radius 2 is 0.513 bits per heavy atom. The maximum atomic E-state index is 12.9. The minimum atomic E-state index is -0.810. The van der Waals surface area contributed by atoms with E-state index >= 15 is 0 Å². The lowest BCUT2D eigenvalue weighted by molar-refractivity contribution is -0.167. The Kier molecular flexibility index (Phi) is 59.4. The van der Waals surface area contributed by atoms with Crippen molar-refractivity contribution in [3.05, 3.63) is 134 Å². The van der Waals surface area contributed by atoms with Gasteiger partial charge in [0, 0.05) is 19.3 Å². The van der Waals surface area contributed by atoms with Crippen LogP contribution in [0.3, 0.4) is 0 Å². The summed E-state index contributed by atoms with van der Waals surface area (Å²) >= 11 is 0. The standard InChI is InChI=1S/C70H114O6/c1-4-7-10-13-16-19-22-25-28-29-30-31-32-33-34-35-36-37-38-39-40-41-43-45-48-51-54-57-60-63-69(72)75-66-67(65-74-68(71)62-59-56-53-50-47-44-27-24-21-18-15-12-9-6-3)76-70(73)64-61-58-55-52-49-46-42-26-23-20-17-14-11-8-5-2/h7-8,10-11,15-20,24-28,30-31,33-34,42,49,52,67H,4-6,9,12-14,21-23,29,32,35-41,43-48,50-51,53-66H2,1-3H3/b10-7-,11-8-,18-15-,19-16-,20-17-,27-24-,28-25-,31-30-,34-33-,42-26-,52-49-. The molecule has 0 spiro atoms. The minimum Gasteiger partial charge on any atom is -0.462 e. The number of rotatable bonds is 55. The molecule has 430 valence electrons. The van der Waals surface area contributed by atoms with E-state index in [4.69, 9.17) is 14.2 Å². The average Bonchev–Trinajstić information content (AvgIpc) is 3.42. The van der Waals surface area contributed by atoms with E-state index in [9.17, 15) is 14.4 Å². The number of ether oxygens (including phenoxy) is 3. The van der Waals surface area contributed by atoms with Crippen molar-refractivity contribution in [2.45, 2.75) is 277 Å². The third-order valence-corrected chi connectivity index (χ3v) is 12.9. The first kappa shape index (κ1) is 71.5. The molecule has 0 aromatic rings. The molecule has 76 heavy (non-hydrogen) atoms. The highest BCUT2D eigenvalue weighted by molar-refractivity contribution is 5.71. The molecule has 0 saturated carbocycles. The van der Waals surface area contributed by atoms with Crippen LogP contribution in [0, 0.1) is 0 Å². The quantitative estimate of drug-likeness (QED) is 0.0261. The number of allylic oxidation sites excluding steroid dienone is 22. The molecule has 1 atom stereocenters. The van der Waals surface area contributed by atoms with Gasteiger partial charge >= 0.3 is 17.9 Å². The Morgan fingerprint density at radius 3 is 0.829 bits per heavy atom. The van der Waals surface area contributed by atoms with E-state index in [-0.39, 0.29) is 37.5 Å². The molecule has 0 rings (SSSR count). The van der Waals surface area contributed by atoms with Gasteiger partial charge in [0.15, 0.2) is 6.10 Å². The number of carbonyl (C=O) groups is 3. The summed E-state index contributed by atoms with van der Waals surface area (Å²) < 4.78 is 16.8. The van der Waals surface area contributed by atoms with Crippen LogP contribution in [-0.2, 0) is 28.6 Å². The van der Waals surface area contributed by atoms with E-state index in [1.807, 2.05) is 0 Å². The molecule has 0 heterocycles. The number of hydrogen-bond donors (Lipinski definition) is 0. The fraction of sp³-hybridized carbons (Fsp3) is 0.643. The summed E-state index contributed by atoms with van der Waals surface area (Å²) in [7, 11) is 0. The van der Waals surface area contributed by atoms with Crippen LogP contribution >= 0.6 is 0 Å². The van der Waals surface area contributed by atoms with E-state index < -0.39 is 6.10 Å². The maximum Gasteiger partial charge on any atom is 0.306 e. The molecular weight excluding hydrogens is 937 g/mol. The van der Waals surface area contributed by atoms with Crippen molar-refractivity contribution in [2.75, 3.05) is 13.2 Å². The zero-order valence-electron chi connectivity index (χ0n) is 49.2. The van der Waals surface area contributed by atoms with Crippen LogP contribution in [0.2, 0.25) is 0 Å². The van der Waals surface area contributed by atoms with Crippen LogP contribution in [0.4, 0.5) is 0 Å². The highest BCUT2D eigenvalue weighted by Crippen LogP contribution is 2.15. The van der Waals surface area contributed by atoms with Gasteiger partial charge in [0.2, 0.25) is 0 Å². The van der Waals surface area contributed by atoms with E-state index in [0.717, 1.165) is 135 Å². The van der Waals surface area contributed by atoms with E-state index in [0.29, 0.717) is 19.3 Å². The van der Waals surface area contributed by atoms with Gasteiger partial charge in [-0.2, -0.15) is 0 Å². The summed E-state index contributed by atoms with van der Waals surface area (Å²) in [5.74, 6) is -0.960. The van der Waals surface area contributed by atoms with Crippen LogP contribution in [0.15, 0.2) is 134 Å². The van der Waals surface area contributed by atoms with Gasteiger partial charge in [0.05, 0.1) is 0 Å². The number of esters is 3. The molecule has 0 aliphatic rings. The van der Waals surface area contributed by atoms with Gasteiger partial charge in [0.25, 0.3) is 0 Å². The molecule has 0 aliphatic carbocycles. The highest BCUT2D eigenvalue weighted by atomic mass is 16.6. The molecule has 0 N–H and O–H groups in total. The summed E-state index contributed by atoms with van der Waals surface area (Å²) in [6, 6.07) is 0. The minimum absolute atomic E-state index is 0.103. The van der Waals surface area contributed by atoms with Crippen LogP contribution in [0.25, 0.3) is 0 Å². The van der Waals surface area contributed by atoms with Crippen molar-refractivity contribution in [2.24, 2.45) is 0 Å². The molecule has 6 nitrogen and oxygen atoms in total. The molecule has 0 aromatic heterocycles. The van der Waals surface area contributed by atoms with Crippen LogP contribution in [0.5, 0.6) is 0 Å². The molecule has 0 radical (unpaired) electrons. The zero-order valence-corrected chi connectivity index (χ0v) is 49.2. The third kappa shape index (κ3) is 60.4. The van der Waals surface area contributed by atoms with Crippen molar-refractivity contribution in [3.8, 4) is 0 Å². The van der Waals surface area contributed by atoms with Crippen LogP contribution < -0.4 is 0 Å². The summed E-state index contributed by atoms with van der Waals surface area (Å²) in [5, 5.41) is 0. The first-order chi connectivity index (χ1) is 37.5. The van der Waals surface area contributed by atoms with Gasteiger partial charge < -0.3 is 14.2 Å². The Labute approximate surface area is 468 Å². The lowest BCUT2D eigenvalue weighted by Crippen LogP contribution is -2.30. The largest absolute Gasteiger partial charge is 0.462 e. The van der Waals surface area contributed by atoms with Gasteiger partial charge in [-0.3, -0.25) is 14.4 Å². The predicted octanol–water partition coefficient (Wildman–Crippen LogP) is 21.4. The molecule has 1 unspecified atom stereocenters. The Bertz CT molecular complexity index is 1630. The normalized spacial score (nSPS) is 13.0. The van der Waals surface area contributed by atoms with Crippen molar-refractivity contribution < 1.29 is 28.6 Å². The summed E-state index contributed by atoms with van der Waals surface area (Å²) in [6.45, 7) is 6.33. The lowest BCUT2D eigenvalue weighted by Gasteiger charge is -2.18. The second-order valence-electron chi connectivity index (χ2n) is 20.2. The highest BCUT2D eigenvalue weighted by Gasteiger charge is 2.19. The van der Waals surface area contributed by atoms with Gasteiger partial charge in [0.1, 0.15) is 13.2 Å². The summed E-state index contributed by atoms with van der Waals surface area (Å²) in [6.07, 6.45) is 88.9. The Hall–Kier alpha value is -4.45. The monoisotopic (exact) mass is 1050 g/mol. The number of hydrogen-bond acceptors (Lipinski definition) is 6. The predicted molar refractivity (Wildman–Crippen MR) is 329 cm³/mol. The number of carbonyl (C=O) groups excluding carboxylic acids is 3. The summed E-state index contributed by atoms with van der Waals surface area (Å²) in [5.41, 5.74) is 0. The lowest BCUT2D eigenvalue weighted by atomic mass is 10.0. The molecule has 0 aromatic carbocycles. The Morgan fingerprint density at radius 1 is 0.276 bits per heavy atom. The van der Waals surface area contributed by atoms with Crippen molar-refractivity contribution >= 4 is 17.9 Å². The van der Waals surface area contributed by atoms with Gasteiger partial charge in [-0.1, -0.05) is 257 Å². The van der Waals surface area contributed by atoms with Crippen LogP contribution in [0.1, 0.15) is 271 Å². The second kappa shape index (κ2) is 63.1. The fourth-order valence-corrected chi connectivity index (χ4v) is 8.24. The SMILES string of the molecule is CC/C=C\C/C=C\C/C=C\C/C=C\C/C=C\CCCCCCCCCCCCCCCC(=O)OCC(COC(=O)CCCCCCC/C=C\C/C=C\CCCC)OC(=O)CCCC/C=C\C/C=C\C/C=C\C/C=C\CC. The molecule has 0 bridgehead atoms. The molecule has 6 heteroatoms. The molecule has 0 fully saturated rings. The van der Waals surface area contributed by atoms with Gasteiger partial charge in [-0.15, -0.1) is 0 Å². The van der Waals surface area contributed by atoms with E-state index in [1.165, 1.54) is 89.9 Å². The van der Waals surface area contributed by atoms with E-state index in [2.05, 4.69) is 154 Å². The molecule has 0 saturated heterocycles. The fourth-order valence-electron chi connectivity index (χ4n) is 8.24. The second-order valence-corrected chi connectivity index (χ2v) is 20.2. The van der Waals surface area contributed by atoms with Crippen molar-refractivity contribution in [3.63, 3.8) is 0 Å². The topological polar surface area (TPSA) is 78.9 Å². The molecule has 0 amide bonds. The molecule has 0 aliphatic heterocycles. The first-order valence-electron chi connectivity index (χ1n) is 31.2. The van der Waals surface area contributed by atoms with Crippen LogP contribution in [-0.4, -0.2) is 37.2 Å². The smallest absolute Gasteiger partial charge is 0.306 e. The maximum absolute atomic E-state index is 12.9. The van der Waals surface area contributed by atoms with Crippen molar-refractivity contribution in [1.82, 2.24) is 0 Å². The first-order valence-corrected chi connectivity index (χ1v) is 31.2. The summed E-state index contributed by atoms with van der Waals surface area (Å²) in [4.78, 5) is 38.2. The Balaban J connectivity index is 4.31. The third-order valence-electron chi connectivity index (χ3n) is 12.9. The average molecular weight is 1050 g/mol. The van der Waals surface area contributed by atoms with E-state index in [1.54, 1.807) is 0 Å². The van der Waals surface area contributed by atoms with Crippen molar-refractivity contribution in [1.29, 1.82) is 0 Å². The van der Waals surface area contributed by atoms with Gasteiger partial charge in [-0.25, -0.2) is 0 Å².